The zero-order valence-electron chi connectivity index (χ0n) is 22.9. The summed E-state index contributed by atoms with van der Waals surface area (Å²) in [6.07, 6.45) is 1.89. The van der Waals surface area contributed by atoms with E-state index >= 15 is 0 Å². The second-order valence-electron chi connectivity index (χ2n) is 8.89. The Bertz CT molecular complexity index is 1150. The van der Waals surface area contributed by atoms with Crippen molar-refractivity contribution in [2.75, 3.05) is 26.4 Å². The molecule has 10 nitrogen and oxygen atoms in total. The fourth-order valence-electron chi connectivity index (χ4n) is 3.45. The van der Waals surface area contributed by atoms with Crippen molar-refractivity contribution in [2.24, 2.45) is 11.0 Å². The van der Waals surface area contributed by atoms with E-state index in [0.717, 1.165) is 5.56 Å². The highest BCUT2D eigenvalue weighted by Gasteiger charge is 2.22. The van der Waals surface area contributed by atoms with E-state index in [1.165, 1.54) is 6.21 Å². The molecule has 0 aromatic heterocycles. The maximum atomic E-state index is 12.9. The number of carbonyl (C=O) groups excluding carboxylic acids is 3. The number of benzene rings is 2. The Morgan fingerprint density at radius 2 is 1.74 bits per heavy atom. The van der Waals surface area contributed by atoms with Gasteiger partial charge in [-0.2, -0.15) is 5.10 Å². The van der Waals surface area contributed by atoms with Gasteiger partial charge in [-0.25, -0.2) is 10.2 Å². The summed E-state index contributed by atoms with van der Waals surface area (Å²) in [5.41, 5.74) is 4.06. The van der Waals surface area contributed by atoms with E-state index in [2.05, 4.69) is 38.4 Å². The average Bonchev–Trinajstić information content (AvgIpc) is 2.87. The predicted octanol–water partition coefficient (Wildman–Crippen LogP) is 4.00. The lowest BCUT2D eigenvalue weighted by Gasteiger charge is -2.19. The molecule has 2 aromatic carbocycles. The van der Waals surface area contributed by atoms with Crippen LogP contribution in [0.15, 0.2) is 41.5 Å². The third-order valence-electron chi connectivity index (χ3n) is 5.17. The summed E-state index contributed by atoms with van der Waals surface area (Å²) >= 11 is 2.07. The van der Waals surface area contributed by atoms with Crippen molar-refractivity contribution in [3.8, 4) is 17.2 Å². The maximum absolute atomic E-state index is 12.9. The number of halogens is 1. The van der Waals surface area contributed by atoms with Crippen LogP contribution in [-0.4, -0.2) is 56.5 Å². The number of nitrogens with zero attached hydrogens (tertiary/aromatic N) is 1. The molecule has 0 saturated heterocycles. The minimum atomic E-state index is -0.784. The van der Waals surface area contributed by atoms with Crippen LogP contribution in [0.3, 0.4) is 0 Å². The van der Waals surface area contributed by atoms with Crippen molar-refractivity contribution in [2.45, 2.75) is 47.1 Å². The Hall–Kier alpha value is -3.35. The lowest BCUT2D eigenvalue weighted by atomic mass is 10.0. The first-order valence-corrected chi connectivity index (χ1v) is 13.8. The summed E-state index contributed by atoms with van der Waals surface area (Å²) in [4.78, 5) is 37.1. The molecule has 1 atom stereocenters. The first-order chi connectivity index (χ1) is 18.6. The van der Waals surface area contributed by atoms with Gasteiger partial charge in [0.2, 0.25) is 0 Å². The van der Waals surface area contributed by atoms with Crippen LogP contribution in [0.25, 0.3) is 0 Å². The summed E-state index contributed by atoms with van der Waals surface area (Å²) in [5.74, 6) is 0.282. The molecular weight excluding hydrogens is 617 g/mol. The summed E-state index contributed by atoms with van der Waals surface area (Å²) < 4.78 is 22.5. The van der Waals surface area contributed by atoms with Gasteiger partial charge < -0.3 is 24.3 Å². The molecule has 0 saturated carbocycles. The molecule has 0 aliphatic heterocycles. The number of nitrogens with one attached hydrogen (secondary N) is 2. The van der Waals surface area contributed by atoms with E-state index < -0.39 is 23.8 Å². The first kappa shape index (κ1) is 31.9. The van der Waals surface area contributed by atoms with Crippen molar-refractivity contribution in [1.29, 1.82) is 0 Å². The van der Waals surface area contributed by atoms with E-state index in [1.54, 1.807) is 25.1 Å². The van der Waals surface area contributed by atoms with Crippen LogP contribution in [0, 0.1) is 16.4 Å². The molecule has 0 bridgehead atoms. The Kier molecular flexibility index (Phi) is 13.5. The van der Waals surface area contributed by atoms with Crippen molar-refractivity contribution >= 4 is 46.6 Å². The number of ether oxygens (including phenoxy) is 4. The molecule has 0 spiro atoms. The molecule has 2 aromatic rings. The number of amides is 2. The zero-order valence-corrected chi connectivity index (χ0v) is 25.1. The SMILES string of the molecule is CCOC(=O)COc1c(I)cc(/C=N\NC(=O)[C@@H](CC(C)C)NC(=O)COc2ccccc2C)cc1OCC. The highest BCUT2D eigenvalue weighted by Crippen LogP contribution is 2.34. The van der Waals surface area contributed by atoms with Gasteiger partial charge in [0.1, 0.15) is 11.8 Å². The molecule has 0 radical (unpaired) electrons. The van der Waals surface area contributed by atoms with Gasteiger partial charge in [0.15, 0.2) is 24.7 Å². The van der Waals surface area contributed by atoms with E-state index in [-0.39, 0.29) is 25.7 Å². The van der Waals surface area contributed by atoms with Crippen molar-refractivity contribution < 1.29 is 33.3 Å². The molecule has 0 fully saturated rings. The Balaban J connectivity index is 2.04. The summed E-state index contributed by atoms with van der Waals surface area (Å²) in [6.45, 7) is 9.56. The number of hydrazone groups is 1. The monoisotopic (exact) mass is 653 g/mol. The standard InChI is InChI=1S/C28H36IN3O7/c1-6-36-24-14-20(13-21(29)27(24)39-17-26(34)37-7-2)15-30-32-28(35)22(12-18(3)4)31-25(33)16-38-23-11-9-8-10-19(23)5/h8-11,13-15,18,22H,6-7,12,16-17H2,1-5H3,(H,31,33)(H,32,35)/b30-15-/t22-/m1/s1. The van der Waals surface area contributed by atoms with Crippen molar-refractivity contribution in [1.82, 2.24) is 10.7 Å². The van der Waals surface area contributed by atoms with Crippen LogP contribution in [0.2, 0.25) is 0 Å². The third-order valence-corrected chi connectivity index (χ3v) is 5.97. The van der Waals surface area contributed by atoms with E-state index in [0.29, 0.717) is 39.4 Å². The topological polar surface area (TPSA) is 125 Å². The normalized spacial score (nSPS) is 11.7. The third kappa shape index (κ3) is 11.1. The van der Waals surface area contributed by atoms with Gasteiger partial charge in [0, 0.05) is 0 Å². The lowest BCUT2D eigenvalue weighted by molar-refractivity contribution is -0.145. The van der Waals surface area contributed by atoms with Crippen LogP contribution in [0.4, 0.5) is 0 Å². The van der Waals surface area contributed by atoms with Crippen LogP contribution in [0.5, 0.6) is 17.2 Å². The Morgan fingerprint density at radius 1 is 1.00 bits per heavy atom. The molecule has 0 heterocycles. The van der Waals surface area contributed by atoms with Gasteiger partial charge in [0.25, 0.3) is 11.8 Å². The molecule has 212 valence electrons. The molecule has 0 aliphatic carbocycles. The summed E-state index contributed by atoms with van der Waals surface area (Å²) in [7, 11) is 0. The molecular formula is C28H36IN3O7. The minimum absolute atomic E-state index is 0.153. The van der Waals surface area contributed by atoms with E-state index in [9.17, 15) is 14.4 Å². The molecule has 2 amide bonds. The molecule has 39 heavy (non-hydrogen) atoms. The smallest absolute Gasteiger partial charge is 0.344 e. The largest absolute Gasteiger partial charge is 0.490 e. The van der Waals surface area contributed by atoms with Gasteiger partial charge in [-0.15, -0.1) is 0 Å². The maximum Gasteiger partial charge on any atom is 0.344 e. The van der Waals surface area contributed by atoms with Gasteiger partial charge in [-0.3, -0.25) is 9.59 Å². The summed E-state index contributed by atoms with van der Waals surface area (Å²) in [5, 5.41) is 6.81. The number of para-hydroxylation sites is 1. The summed E-state index contributed by atoms with van der Waals surface area (Å²) in [6, 6.07) is 10.1. The van der Waals surface area contributed by atoms with Gasteiger partial charge in [-0.05, 0) is 85.0 Å². The van der Waals surface area contributed by atoms with E-state index in [1.807, 2.05) is 45.9 Å². The highest BCUT2D eigenvalue weighted by atomic mass is 127. The molecule has 2 rings (SSSR count). The van der Waals surface area contributed by atoms with Crippen LogP contribution < -0.4 is 25.0 Å². The van der Waals surface area contributed by atoms with Gasteiger partial charge >= 0.3 is 5.97 Å². The number of aryl methyl sites for hydroxylation is 1. The molecule has 2 N–H and O–H groups in total. The first-order valence-electron chi connectivity index (χ1n) is 12.7. The van der Waals surface area contributed by atoms with Crippen molar-refractivity contribution in [3.63, 3.8) is 0 Å². The van der Waals surface area contributed by atoms with Crippen LogP contribution in [0.1, 0.15) is 45.2 Å². The second-order valence-corrected chi connectivity index (χ2v) is 10.1. The highest BCUT2D eigenvalue weighted by molar-refractivity contribution is 14.1. The van der Waals surface area contributed by atoms with Crippen LogP contribution in [-0.2, 0) is 19.1 Å². The predicted molar refractivity (Wildman–Crippen MR) is 156 cm³/mol. The Labute approximate surface area is 242 Å². The number of rotatable bonds is 15. The second kappa shape index (κ2) is 16.6. The van der Waals surface area contributed by atoms with Gasteiger partial charge in [0.05, 0.1) is 23.0 Å². The molecule has 0 unspecified atom stereocenters. The zero-order chi connectivity index (χ0) is 28.8. The lowest BCUT2D eigenvalue weighted by Crippen LogP contribution is -2.47. The number of esters is 1. The van der Waals surface area contributed by atoms with Crippen molar-refractivity contribution in [3.05, 3.63) is 51.1 Å². The number of hydrogen-bond acceptors (Lipinski definition) is 8. The fourth-order valence-corrected chi connectivity index (χ4v) is 4.23. The quantitative estimate of drug-likeness (QED) is 0.129. The number of hydrogen-bond donors (Lipinski definition) is 2. The minimum Gasteiger partial charge on any atom is -0.490 e. The average molecular weight is 654 g/mol. The van der Waals surface area contributed by atoms with Crippen LogP contribution >= 0.6 is 22.6 Å². The van der Waals surface area contributed by atoms with Gasteiger partial charge in [-0.1, -0.05) is 32.0 Å². The van der Waals surface area contributed by atoms with E-state index in [4.69, 9.17) is 18.9 Å². The number of carbonyl (C=O) groups is 3. The fraction of sp³-hybridized carbons (Fsp3) is 0.429. The Morgan fingerprint density at radius 3 is 2.41 bits per heavy atom. The molecule has 11 heteroatoms. The molecule has 0 aliphatic rings.